The minimum atomic E-state index is 0.0540. The highest BCUT2D eigenvalue weighted by atomic mass is 35.5. The first-order valence-electron chi connectivity index (χ1n) is 6.75. The number of carbonyl (C=O) groups excluding carboxylic acids is 1. The fraction of sp³-hybridized carbons (Fsp3) is 0.533. The minimum Gasteiger partial charge on any atom is -0.305 e. The van der Waals surface area contributed by atoms with Crippen LogP contribution in [-0.2, 0) is 0 Å². The number of hydrogen-bond donors (Lipinski definition) is 0. The first-order valence-corrected chi connectivity index (χ1v) is 7.51. The predicted molar refractivity (Wildman–Crippen MR) is 83.9 cm³/mol. The van der Waals surface area contributed by atoms with Crippen LogP contribution in [0.3, 0.4) is 0 Å². The Morgan fingerprint density at radius 1 is 1.35 bits per heavy atom. The van der Waals surface area contributed by atoms with Gasteiger partial charge >= 0.3 is 0 Å². The molecule has 2 unspecified atom stereocenters. The lowest BCUT2D eigenvalue weighted by Gasteiger charge is -2.22. The predicted octanol–water partition coefficient (Wildman–Crippen LogP) is 3.06. The van der Waals surface area contributed by atoms with Gasteiger partial charge < -0.3 is 4.90 Å². The van der Waals surface area contributed by atoms with E-state index in [9.17, 15) is 4.79 Å². The van der Waals surface area contributed by atoms with E-state index in [-0.39, 0.29) is 5.78 Å². The lowest BCUT2D eigenvalue weighted by Crippen LogP contribution is -2.35. The van der Waals surface area contributed by atoms with Gasteiger partial charge in [0.25, 0.3) is 0 Å². The molecule has 5 heteroatoms. The molecule has 2 rings (SSSR count). The maximum Gasteiger partial charge on any atom is 0.178 e. The Morgan fingerprint density at radius 3 is 2.60 bits per heavy atom. The van der Waals surface area contributed by atoms with Crippen LogP contribution in [0.4, 0.5) is 0 Å². The number of rotatable bonds is 4. The van der Waals surface area contributed by atoms with Crippen molar-refractivity contribution in [1.29, 1.82) is 0 Å². The van der Waals surface area contributed by atoms with Crippen molar-refractivity contribution in [2.24, 2.45) is 5.92 Å². The Kier molecular flexibility index (Phi) is 5.08. The van der Waals surface area contributed by atoms with Crippen LogP contribution in [0.5, 0.6) is 0 Å². The third-order valence-electron chi connectivity index (χ3n) is 3.91. The molecule has 1 aliphatic heterocycles. The highest BCUT2D eigenvalue weighted by Crippen LogP contribution is 2.24. The molecule has 0 aliphatic carbocycles. The largest absolute Gasteiger partial charge is 0.305 e. The van der Waals surface area contributed by atoms with Crippen LogP contribution in [0.1, 0.15) is 17.3 Å². The molecule has 20 heavy (non-hydrogen) atoms. The second kappa shape index (κ2) is 6.44. The third-order valence-corrected chi connectivity index (χ3v) is 4.46. The summed E-state index contributed by atoms with van der Waals surface area (Å²) in [6.07, 6.45) is 0. The number of likely N-dealkylation sites (tertiary alicyclic amines) is 1. The molecule has 1 fully saturated rings. The van der Waals surface area contributed by atoms with Gasteiger partial charge in [0.2, 0.25) is 0 Å². The number of likely N-dealkylation sites (N-methyl/N-ethyl adjacent to an activating group) is 1. The number of benzene rings is 1. The Bertz CT molecular complexity index is 505. The first-order chi connectivity index (χ1) is 9.38. The molecule has 1 saturated heterocycles. The molecule has 0 saturated carbocycles. The molecule has 0 bridgehead atoms. The molecule has 110 valence electrons. The summed E-state index contributed by atoms with van der Waals surface area (Å²) in [5.74, 6) is 0.622. The van der Waals surface area contributed by atoms with Crippen molar-refractivity contribution < 1.29 is 4.79 Å². The van der Waals surface area contributed by atoms with Crippen molar-refractivity contribution in [2.45, 2.75) is 13.0 Å². The summed E-state index contributed by atoms with van der Waals surface area (Å²) in [5, 5.41) is 0.980. The molecule has 1 aromatic rings. The molecule has 2 atom stereocenters. The van der Waals surface area contributed by atoms with Gasteiger partial charge in [0, 0.05) is 29.7 Å². The van der Waals surface area contributed by atoms with E-state index in [2.05, 4.69) is 30.8 Å². The zero-order valence-electron chi connectivity index (χ0n) is 12.1. The van der Waals surface area contributed by atoms with Gasteiger partial charge in [0.1, 0.15) is 0 Å². The molecule has 0 amide bonds. The Labute approximate surface area is 130 Å². The van der Waals surface area contributed by atoms with Crippen molar-refractivity contribution in [1.82, 2.24) is 9.80 Å². The fourth-order valence-corrected chi connectivity index (χ4v) is 3.37. The first kappa shape index (κ1) is 15.8. The smallest absolute Gasteiger partial charge is 0.178 e. The van der Waals surface area contributed by atoms with E-state index >= 15 is 0 Å². The van der Waals surface area contributed by atoms with E-state index in [1.165, 1.54) is 0 Å². The zero-order valence-corrected chi connectivity index (χ0v) is 13.6. The van der Waals surface area contributed by atoms with E-state index in [1.807, 2.05) is 0 Å². The molecule has 0 radical (unpaired) electrons. The van der Waals surface area contributed by atoms with Crippen molar-refractivity contribution in [3.63, 3.8) is 0 Å². The molecular formula is C15H20Cl2N2O. The van der Waals surface area contributed by atoms with Gasteiger partial charge in [0.05, 0.1) is 11.6 Å². The zero-order chi connectivity index (χ0) is 14.9. The summed E-state index contributed by atoms with van der Waals surface area (Å²) in [5.41, 5.74) is 0.553. The standard InChI is InChI=1S/C15H20Cl2N2O/c1-10-7-19(8-14(10)18(2)3)9-15(20)12-5-4-11(16)6-13(12)17/h4-6,10,14H,7-9H2,1-3H3. The van der Waals surface area contributed by atoms with Gasteiger partial charge in [-0.15, -0.1) is 0 Å². The summed E-state index contributed by atoms with van der Waals surface area (Å²) in [6.45, 7) is 4.51. The highest BCUT2D eigenvalue weighted by molar-refractivity contribution is 6.36. The van der Waals surface area contributed by atoms with E-state index in [4.69, 9.17) is 23.2 Å². The Hall–Kier alpha value is -0.610. The minimum absolute atomic E-state index is 0.0540. The summed E-state index contributed by atoms with van der Waals surface area (Å²) in [6, 6.07) is 5.53. The summed E-state index contributed by atoms with van der Waals surface area (Å²) < 4.78 is 0. The number of carbonyl (C=O) groups is 1. The van der Waals surface area contributed by atoms with Gasteiger partial charge in [-0.2, -0.15) is 0 Å². The van der Waals surface area contributed by atoms with Crippen molar-refractivity contribution in [3.05, 3.63) is 33.8 Å². The normalized spacial score (nSPS) is 23.5. The van der Waals surface area contributed by atoms with Crippen LogP contribution in [0, 0.1) is 5.92 Å². The second-order valence-electron chi connectivity index (χ2n) is 5.75. The lowest BCUT2D eigenvalue weighted by atomic mass is 10.1. The summed E-state index contributed by atoms with van der Waals surface area (Å²) in [4.78, 5) is 16.8. The Morgan fingerprint density at radius 2 is 2.05 bits per heavy atom. The van der Waals surface area contributed by atoms with Crippen LogP contribution >= 0.6 is 23.2 Å². The van der Waals surface area contributed by atoms with Gasteiger partial charge in [0.15, 0.2) is 5.78 Å². The molecule has 0 aromatic heterocycles. The number of Topliss-reactive ketones (excluding diaryl/α,β-unsaturated/α-hetero) is 1. The third kappa shape index (κ3) is 3.53. The second-order valence-corrected chi connectivity index (χ2v) is 6.59. The Balaban J connectivity index is 2.02. The summed E-state index contributed by atoms with van der Waals surface area (Å²) in [7, 11) is 4.17. The number of halogens is 2. The van der Waals surface area contributed by atoms with E-state index in [0.717, 1.165) is 13.1 Å². The average molecular weight is 315 g/mol. The van der Waals surface area contributed by atoms with Gasteiger partial charge in [-0.1, -0.05) is 30.1 Å². The number of nitrogens with zero attached hydrogens (tertiary/aromatic N) is 2. The quantitative estimate of drug-likeness (QED) is 0.798. The number of ketones is 1. The average Bonchev–Trinajstić information content (AvgIpc) is 2.70. The summed E-state index contributed by atoms with van der Waals surface area (Å²) >= 11 is 11.9. The maximum atomic E-state index is 12.3. The van der Waals surface area contributed by atoms with E-state index < -0.39 is 0 Å². The van der Waals surface area contributed by atoms with E-state index in [1.54, 1.807) is 18.2 Å². The molecule has 0 N–H and O–H groups in total. The maximum absolute atomic E-state index is 12.3. The topological polar surface area (TPSA) is 23.6 Å². The van der Waals surface area contributed by atoms with Crippen molar-refractivity contribution >= 4 is 29.0 Å². The van der Waals surface area contributed by atoms with Gasteiger partial charge in [-0.25, -0.2) is 0 Å². The van der Waals surface area contributed by atoms with Gasteiger partial charge in [-0.05, 0) is 38.2 Å². The van der Waals surface area contributed by atoms with Crippen molar-refractivity contribution in [3.8, 4) is 0 Å². The van der Waals surface area contributed by atoms with Gasteiger partial charge in [-0.3, -0.25) is 9.69 Å². The van der Waals surface area contributed by atoms with Crippen LogP contribution in [0.2, 0.25) is 10.0 Å². The van der Waals surface area contributed by atoms with Crippen molar-refractivity contribution in [2.75, 3.05) is 33.7 Å². The molecule has 1 aliphatic rings. The fourth-order valence-electron chi connectivity index (χ4n) is 2.85. The SMILES string of the molecule is CC1CN(CC(=O)c2ccc(Cl)cc2Cl)CC1N(C)C. The molecule has 1 heterocycles. The lowest BCUT2D eigenvalue weighted by molar-refractivity contribution is 0.0941. The molecule has 3 nitrogen and oxygen atoms in total. The highest BCUT2D eigenvalue weighted by Gasteiger charge is 2.32. The molecular weight excluding hydrogens is 295 g/mol. The van der Waals surface area contributed by atoms with E-state index in [0.29, 0.717) is 34.1 Å². The van der Waals surface area contributed by atoms with Crippen LogP contribution in [0.15, 0.2) is 18.2 Å². The molecule has 0 spiro atoms. The molecule has 1 aromatic carbocycles. The number of hydrogen-bond acceptors (Lipinski definition) is 3. The monoisotopic (exact) mass is 314 g/mol. The van der Waals surface area contributed by atoms with Crippen LogP contribution < -0.4 is 0 Å². The van der Waals surface area contributed by atoms with Crippen LogP contribution in [-0.4, -0.2) is 55.4 Å². The van der Waals surface area contributed by atoms with Crippen LogP contribution in [0.25, 0.3) is 0 Å².